The SMILES string of the molecule is FC(F)(F)c1cc(Br)cc(NCCCn2ccnc2)c1. The van der Waals surface area contributed by atoms with Gasteiger partial charge in [-0.3, -0.25) is 0 Å². The molecule has 0 aliphatic carbocycles. The molecule has 108 valence electrons. The van der Waals surface area contributed by atoms with Gasteiger partial charge in [0.15, 0.2) is 0 Å². The molecule has 0 aliphatic heterocycles. The monoisotopic (exact) mass is 347 g/mol. The Labute approximate surface area is 123 Å². The van der Waals surface area contributed by atoms with Crippen LogP contribution < -0.4 is 5.32 Å². The van der Waals surface area contributed by atoms with Crippen molar-refractivity contribution in [3.63, 3.8) is 0 Å². The van der Waals surface area contributed by atoms with Crippen LogP contribution in [0.3, 0.4) is 0 Å². The number of hydrogen-bond acceptors (Lipinski definition) is 2. The minimum atomic E-state index is -4.34. The van der Waals surface area contributed by atoms with Crippen LogP contribution in [0.1, 0.15) is 12.0 Å². The molecule has 0 bridgehead atoms. The first-order chi connectivity index (χ1) is 9.45. The molecule has 1 heterocycles. The Kier molecular flexibility index (Phi) is 4.69. The highest BCUT2D eigenvalue weighted by atomic mass is 79.9. The Morgan fingerprint density at radius 3 is 2.70 bits per heavy atom. The number of benzene rings is 1. The number of halogens is 4. The lowest BCUT2D eigenvalue weighted by atomic mass is 10.2. The molecule has 1 aromatic heterocycles. The van der Waals surface area contributed by atoms with Crippen molar-refractivity contribution >= 4 is 21.6 Å². The van der Waals surface area contributed by atoms with Gasteiger partial charge in [0.25, 0.3) is 0 Å². The Hall–Kier alpha value is -1.50. The van der Waals surface area contributed by atoms with E-state index >= 15 is 0 Å². The zero-order chi connectivity index (χ0) is 14.6. The lowest BCUT2D eigenvalue weighted by molar-refractivity contribution is -0.137. The molecule has 0 fully saturated rings. The summed E-state index contributed by atoms with van der Waals surface area (Å²) in [7, 11) is 0. The van der Waals surface area contributed by atoms with Crippen LogP contribution in [0.2, 0.25) is 0 Å². The van der Waals surface area contributed by atoms with Crippen LogP contribution in [0.5, 0.6) is 0 Å². The Balaban J connectivity index is 1.91. The molecule has 2 aromatic rings. The summed E-state index contributed by atoms with van der Waals surface area (Å²) in [6.07, 6.45) is 1.71. The van der Waals surface area contributed by atoms with E-state index in [-0.39, 0.29) is 0 Å². The van der Waals surface area contributed by atoms with Crippen molar-refractivity contribution in [1.29, 1.82) is 0 Å². The average Bonchev–Trinajstić information content (AvgIpc) is 2.86. The number of alkyl halides is 3. The van der Waals surface area contributed by atoms with Crippen LogP contribution in [0, 0.1) is 0 Å². The van der Waals surface area contributed by atoms with Crippen molar-refractivity contribution in [3.05, 3.63) is 47.0 Å². The van der Waals surface area contributed by atoms with Crippen LogP contribution in [0.15, 0.2) is 41.4 Å². The number of anilines is 1. The molecule has 3 nitrogen and oxygen atoms in total. The fourth-order valence-electron chi connectivity index (χ4n) is 1.77. The van der Waals surface area contributed by atoms with Crippen molar-refractivity contribution in [2.75, 3.05) is 11.9 Å². The molecule has 1 aromatic carbocycles. The maximum absolute atomic E-state index is 12.7. The number of imidazole rings is 1. The van der Waals surface area contributed by atoms with E-state index in [4.69, 9.17) is 0 Å². The van der Waals surface area contributed by atoms with Gasteiger partial charge < -0.3 is 9.88 Å². The molecule has 0 spiro atoms. The lowest BCUT2D eigenvalue weighted by Crippen LogP contribution is -2.09. The highest BCUT2D eigenvalue weighted by Gasteiger charge is 2.31. The molecule has 0 radical (unpaired) electrons. The molecule has 2 rings (SSSR count). The van der Waals surface area contributed by atoms with Gasteiger partial charge in [0, 0.05) is 35.6 Å². The fourth-order valence-corrected chi connectivity index (χ4v) is 2.26. The summed E-state index contributed by atoms with van der Waals surface area (Å²) >= 11 is 3.09. The summed E-state index contributed by atoms with van der Waals surface area (Å²) in [5.74, 6) is 0. The first-order valence-corrected chi connectivity index (χ1v) is 6.82. The summed E-state index contributed by atoms with van der Waals surface area (Å²) in [5.41, 5.74) is -0.207. The van der Waals surface area contributed by atoms with Crippen LogP contribution in [-0.2, 0) is 12.7 Å². The summed E-state index contributed by atoms with van der Waals surface area (Å²) < 4.78 is 40.3. The highest BCUT2D eigenvalue weighted by molar-refractivity contribution is 9.10. The molecule has 20 heavy (non-hydrogen) atoms. The van der Waals surface area contributed by atoms with E-state index in [0.717, 1.165) is 25.1 Å². The number of rotatable bonds is 5. The van der Waals surface area contributed by atoms with E-state index in [1.165, 1.54) is 0 Å². The summed E-state index contributed by atoms with van der Waals surface area (Å²) in [4.78, 5) is 3.92. The van der Waals surface area contributed by atoms with Gasteiger partial charge >= 0.3 is 6.18 Å². The quantitative estimate of drug-likeness (QED) is 0.822. The zero-order valence-corrected chi connectivity index (χ0v) is 12.1. The molecular formula is C13H13BrF3N3. The van der Waals surface area contributed by atoms with Gasteiger partial charge in [0.05, 0.1) is 11.9 Å². The largest absolute Gasteiger partial charge is 0.416 e. The first-order valence-electron chi connectivity index (χ1n) is 6.02. The van der Waals surface area contributed by atoms with Crippen LogP contribution in [-0.4, -0.2) is 16.1 Å². The third kappa shape index (κ3) is 4.26. The Morgan fingerprint density at radius 2 is 2.05 bits per heavy atom. The molecule has 0 saturated heterocycles. The van der Waals surface area contributed by atoms with Gasteiger partial charge in [0.1, 0.15) is 0 Å². The smallest absolute Gasteiger partial charge is 0.385 e. The van der Waals surface area contributed by atoms with E-state index < -0.39 is 11.7 Å². The van der Waals surface area contributed by atoms with Crippen molar-refractivity contribution < 1.29 is 13.2 Å². The van der Waals surface area contributed by atoms with E-state index in [0.29, 0.717) is 16.7 Å². The third-order valence-electron chi connectivity index (χ3n) is 2.71. The number of aryl methyl sites for hydroxylation is 1. The van der Waals surface area contributed by atoms with E-state index in [1.807, 2.05) is 10.8 Å². The molecule has 0 aliphatic rings. The van der Waals surface area contributed by atoms with Crippen molar-refractivity contribution in [2.24, 2.45) is 0 Å². The number of nitrogens with one attached hydrogen (secondary N) is 1. The van der Waals surface area contributed by atoms with E-state index in [9.17, 15) is 13.2 Å². The predicted molar refractivity (Wildman–Crippen MR) is 74.5 cm³/mol. The van der Waals surface area contributed by atoms with Crippen LogP contribution >= 0.6 is 15.9 Å². The fraction of sp³-hybridized carbons (Fsp3) is 0.308. The third-order valence-corrected chi connectivity index (χ3v) is 3.16. The van der Waals surface area contributed by atoms with Gasteiger partial charge in [-0.2, -0.15) is 13.2 Å². The minimum Gasteiger partial charge on any atom is -0.385 e. The lowest BCUT2D eigenvalue weighted by Gasteiger charge is -2.12. The minimum absolute atomic E-state index is 0.407. The second-order valence-electron chi connectivity index (χ2n) is 4.31. The van der Waals surface area contributed by atoms with Crippen molar-refractivity contribution in [1.82, 2.24) is 9.55 Å². The predicted octanol–water partition coefficient (Wildman–Crippen LogP) is 4.17. The summed E-state index contributed by atoms with van der Waals surface area (Å²) in [5, 5.41) is 3.00. The van der Waals surface area contributed by atoms with Gasteiger partial charge in [-0.15, -0.1) is 0 Å². The Morgan fingerprint density at radius 1 is 1.25 bits per heavy atom. The summed E-state index contributed by atoms with van der Waals surface area (Å²) in [6, 6.07) is 3.81. The van der Waals surface area contributed by atoms with Gasteiger partial charge in [-0.25, -0.2) is 4.98 Å². The van der Waals surface area contributed by atoms with Crippen LogP contribution in [0.4, 0.5) is 18.9 Å². The van der Waals surface area contributed by atoms with Gasteiger partial charge in [0.2, 0.25) is 0 Å². The molecule has 7 heteroatoms. The second-order valence-corrected chi connectivity index (χ2v) is 5.22. The molecule has 1 N–H and O–H groups in total. The summed E-state index contributed by atoms with van der Waals surface area (Å²) in [6.45, 7) is 1.36. The zero-order valence-electron chi connectivity index (χ0n) is 10.5. The Bertz CT molecular complexity index is 552. The molecule has 0 saturated carbocycles. The maximum atomic E-state index is 12.7. The van der Waals surface area contributed by atoms with Crippen molar-refractivity contribution in [2.45, 2.75) is 19.1 Å². The highest BCUT2D eigenvalue weighted by Crippen LogP contribution is 2.33. The van der Waals surface area contributed by atoms with E-state index in [1.54, 1.807) is 18.6 Å². The van der Waals surface area contributed by atoms with Crippen LogP contribution in [0.25, 0.3) is 0 Å². The van der Waals surface area contributed by atoms with Gasteiger partial charge in [-0.05, 0) is 24.6 Å². The van der Waals surface area contributed by atoms with Crippen molar-refractivity contribution in [3.8, 4) is 0 Å². The molecular weight excluding hydrogens is 335 g/mol. The number of hydrogen-bond donors (Lipinski definition) is 1. The molecule has 0 unspecified atom stereocenters. The molecule has 0 atom stereocenters. The topological polar surface area (TPSA) is 29.9 Å². The maximum Gasteiger partial charge on any atom is 0.416 e. The number of nitrogens with zero attached hydrogens (tertiary/aromatic N) is 2. The number of aromatic nitrogens is 2. The second kappa shape index (κ2) is 6.30. The molecule has 0 amide bonds. The average molecular weight is 348 g/mol. The standard InChI is InChI=1S/C13H13BrF3N3/c14-11-6-10(13(15,16)17)7-12(8-11)19-2-1-4-20-5-3-18-9-20/h3,5-9,19H,1-2,4H2. The normalized spacial score (nSPS) is 11.6. The first kappa shape index (κ1) is 14.9. The van der Waals surface area contributed by atoms with Gasteiger partial charge in [-0.1, -0.05) is 15.9 Å². The van der Waals surface area contributed by atoms with E-state index in [2.05, 4.69) is 26.2 Å².